The summed E-state index contributed by atoms with van der Waals surface area (Å²) in [5.41, 5.74) is 3.85. The van der Waals surface area contributed by atoms with E-state index in [4.69, 9.17) is 0 Å². The Bertz CT molecular complexity index is 452. The minimum absolute atomic E-state index is 0.760. The fraction of sp³-hybridized carbons (Fsp3) is 0.300. The molecule has 15 heavy (non-hydrogen) atoms. The van der Waals surface area contributed by atoms with Gasteiger partial charge in [0.05, 0.1) is 23.4 Å². The predicted octanol–water partition coefficient (Wildman–Crippen LogP) is 2.16. The van der Waals surface area contributed by atoms with Crippen molar-refractivity contribution in [1.29, 1.82) is 0 Å². The molecule has 2 aromatic rings. The summed E-state index contributed by atoms with van der Waals surface area (Å²) in [6.07, 6.45) is 3.38. The third kappa shape index (κ3) is 2.30. The number of nitrogens with one attached hydrogen (secondary N) is 1. The molecule has 2 heterocycles. The molecule has 0 unspecified atom stereocenters. The molecule has 2 rings (SSSR count). The van der Waals surface area contributed by atoms with Crippen molar-refractivity contribution in [3.63, 3.8) is 0 Å². The van der Waals surface area contributed by atoms with Crippen molar-refractivity contribution in [3.05, 3.63) is 34.2 Å². The Morgan fingerprint density at radius 3 is 2.60 bits per heavy atom. The number of anilines is 1. The average Bonchev–Trinajstić information content (AvgIpc) is 2.63. The maximum absolute atomic E-state index is 4.22. The lowest BCUT2D eigenvalue weighted by Gasteiger charge is -2.05. The minimum atomic E-state index is 0.760. The van der Waals surface area contributed by atoms with Gasteiger partial charge in [0, 0.05) is 17.3 Å². The summed E-state index contributed by atoms with van der Waals surface area (Å²) in [6.45, 7) is 4.71. The van der Waals surface area contributed by atoms with Crippen LogP contribution in [-0.4, -0.2) is 15.0 Å². The lowest BCUT2D eigenvalue weighted by molar-refractivity contribution is 1.05. The van der Waals surface area contributed by atoms with E-state index in [0.717, 1.165) is 23.8 Å². The molecule has 0 saturated heterocycles. The largest absolute Gasteiger partial charge is 0.364 e. The molecule has 0 aromatic carbocycles. The van der Waals surface area contributed by atoms with Crippen LogP contribution in [0, 0.1) is 13.8 Å². The van der Waals surface area contributed by atoms with Crippen LogP contribution in [0.5, 0.6) is 0 Å². The summed E-state index contributed by atoms with van der Waals surface area (Å²) < 4.78 is 0. The Morgan fingerprint density at radius 1 is 1.13 bits per heavy atom. The number of nitrogens with zero attached hydrogens (tertiary/aromatic N) is 3. The third-order valence-corrected chi connectivity index (χ3v) is 3.08. The Kier molecular flexibility index (Phi) is 2.91. The third-order valence-electron chi connectivity index (χ3n) is 2.14. The fourth-order valence-electron chi connectivity index (χ4n) is 1.24. The number of thiazole rings is 1. The number of rotatable bonds is 3. The molecular formula is C10H12N4S. The van der Waals surface area contributed by atoms with Crippen molar-refractivity contribution >= 4 is 17.2 Å². The molecule has 0 fully saturated rings. The van der Waals surface area contributed by atoms with Crippen molar-refractivity contribution in [3.8, 4) is 0 Å². The van der Waals surface area contributed by atoms with Gasteiger partial charge in [0.1, 0.15) is 5.82 Å². The molecule has 4 nitrogen and oxygen atoms in total. The number of hydrogen-bond donors (Lipinski definition) is 1. The molecule has 0 amide bonds. The molecule has 0 aliphatic rings. The summed E-state index contributed by atoms with van der Waals surface area (Å²) in [4.78, 5) is 13.8. The van der Waals surface area contributed by atoms with Crippen LogP contribution < -0.4 is 5.32 Å². The fourth-order valence-corrected chi connectivity index (χ4v) is 1.96. The lowest BCUT2D eigenvalue weighted by atomic mass is 10.4. The van der Waals surface area contributed by atoms with E-state index < -0.39 is 0 Å². The Morgan fingerprint density at radius 2 is 1.93 bits per heavy atom. The van der Waals surface area contributed by atoms with Crippen LogP contribution in [-0.2, 0) is 6.54 Å². The van der Waals surface area contributed by atoms with Crippen molar-refractivity contribution in [2.24, 2.45) is 0 Å². The first-order valence-corrected chi connectivity index (χ1v) is 5.56. The standard InChI is InChI=1S/C10H12N4S/c1-7-9(15-6-14-7)5-13-10-8(2)11-3-4-12-10/h3-4,6H,5H2,1-2H3,(H,12,13). The molecule has 0 radical (unpaired) electrons. The van der Waals surface area contributed by atoms with E-state index in [2.05, 4.69) is 20.3 Å². The van der Waals surface area contributed by atoms with E-state index in [1.165, 1.54) is 4.88 Å². The van der Waals surface area contributed by atoms with Crippen LogP contribution in [0.25, 0.3) is 0 Å². The second kappa shape index (κ2) is 4.35. The van der Waals surface area contributed by atoms with Gasteiger partial charge in [0.25, 0.3) is 0 Å². The number of aryl methyl sites for hydroxylation is 2. The van der Waals surface area contributed by atoms with Crippen molar-refractivity contribution in [2.45, 2.75) is 20.4 Å². The van der Waals surface area contributed by atoms with E-state index in [1.54, 1.807) is 23.7 Å². The maximum Gasteiger partial charge on any atom is 0.147 e. The highest BCUT2D eigenvalue weighted by atomic mass is 32.1. The van der Waals surface area contributed by atoms with E-state index in [9.17, 15) is 0 Å². The normalized spacial score (nSPS) is 10.3. The summed E-state index contributed by atoms with van der Waals surface area (Å²) in [5, 5.41) is 3.25. The Labute approximate surface area is 92.4 Å². The monoisotopic (exact) mass is 220 g/mol. The van der Waals surface area contributed by atoms with E-state index in [1.807, 2.05) is 19.4 Å². The molecule has 0 bridgehead atoms. The zero-order valence-electron chi connectivity index (χ0n) is 8.69. The number of aromatic nitrogens is 3. The van der Waals surface area contributed by atoms with Gasteiger partial charge >= 0.3 is 0 Å². The second-order valence-corrected chi connectivity index (χ2v) is 4.14. The zero-order valence-corrected chi connectivity index (χ0v) is 9.51. The Balaban J connectivity index is 2.06. The molecule has 0 aliphatic carbocycles. The number of hydrogen-bond acceptors (Lipinski definition) is 5. The van der Waals surface area contributed by atoms with Gasteiger partial charge < -0.3 is 5.32 Å². The zero-order chi connectivity index (χ0) is 10.7. The van der Waals surface area contributed by atoms with E-state index >= 15 is 0 Å². The highest BCUT2D eigenvalue weighted by Crippen LogP contribution is 2.14. The van der Waals surface area contributed by atoms with Gasteiger partial charge in [-0.1, -0.05) is 0 Å². The van der Waals surface area contributed by atoms with Crippen LogP contribution >= 0.6 is 11.3 Å². The molecule has 0 aliphatic heterocycles. The van der Waals surface area contributed by atoms with Crippen LogP contribution in [0.15, 0.2) is 17.9 Å². The minimum Gasteiger partial charge on any atom is -0.364 e. The van der Waals surface area contributed by atoms with Crippen molar-refractivity contribution < 1.29 is 0 Å². The summed E-state index contributed by atoms with van der Waals surface area (Å²) in [7, 11) is 0. The topological polar surface area (TPSA) is 50.7 Å². The SMILES string of the molecule is Cc1nccnc1NCc1scnc1C. The van der Waals surface area contributed by atoms with Crippen LogP contribution in [0.1, 0.15) is 16.3 Å². The second-order valence-electron chi connectivity index (χ2n) is 3.20. The van der Waals surface area contributed by atoms with Gasteiger partial charge in [-0.2, -0.15) is 0 Å². The first-order chi connectivity index (χ1) is 7.27. The van der Waals surface area contributed by atoms with Gasteiger partial charge in [-0.3, -0.25) is 4.98 Å². The van der Waals surface area contributed by atoms with Crippen LogP contribution in [0.2, 0.25) is 0 Å². The van der Waals surface area contributed by atoms with E-state index in [-0.39, 0.29) is 0 Å². The molecule has 0 spiro atoms. The summed E-state index contributed by atoms with van der Waals surface area (Å²) in [5.74, 6) is 0.838. The Hall–Kier alpha value is -1.49. The first-order valence-electron chi connectivity index (χ1n) is 4.68. The van der Waals surface area contributed by atoms with Gasteiger partial charge in [-0.05, 0) is 13.8 Å². The average molecular weight is 220 g/mol. The molecular weight excluding hydrogens is 208 g/mol. The van der Waals surface area contributed by atoms with Gasteiger partial charge in [0.15, 0.2) is 0 Å². The van der Waals surface area contributed by atoms with Crippen molar-refractivity contribution in [2.75, 3.05) is 5.32 Å². The molecule has 1 N–H and O–H groups in total. The van der Waals surface area contributed by atoms with Crippen molar-refractivity contribution in [1.82, 2.24) is 15.0 Å². The highest BCUT2D eigenvalue weighted by molar-refractivity contribution is 7.09. The predicted molar refractivity (Wildman–Crippen MR) is 60.9 cm³/mol. The van der Waals surface area contributed by atoms with Crippen LogP contribution in [0.4, 0.5) is 5.82 Å². The van der Waals surface area contributed by atoms with Gasteiger partial charge in [-0.25, -0.2) is 9.97 Å². The maximum atomic E-state index is 4.22. The van der Waals surface area contributed by atoms with Crippen LogP contribution in [0.3, 0.4) is 0 Å². The molecule has 5 heteroatoms. The molecule has 78 valence electrons. The molecule has 0 saturated carbocycles. The smallest absolute Gasteiger partial charge is 0.147 e. The summed E-state index contributed by atoms with van der Waals surface area (Å²) in [6, 6.07) is 0. The van der Waals surface area contributed by atoms with Gasteiger partial charge in [0.2, 0.25) is 0 Å². The summed E-state index contributed by atoms with van der Waals surface area (Å²) >= 11 is 1.65. The quantitative estimate of drug-likeness (QED) is 0.861. The van der Waals surface area contributed by atoms with Gasteiger partial charge in [-0.15, -0.1) is 11.3 Å². The molecule has 2 aromatic heterocycles. The molecule has 0 atom stereocenters. The highest BCUT2D eigenvalue weighted by Gasteiger charge is 2.03. The first kappa shape index (κ1) is 10.0. The van der Waals surface area contributed by atoms with E-state index in [0.29, 0.717) is 0 Å². The lowest BCUT2D eigenvalue weighted by Crippen LogP contribution is -2.03.